The van der Waals surface area contributed by atoms with Gasteiger partial charge in [0.25, 0.3) is 5.91 Å². The highest BCUT2D eigenvalue weighted by Crippen LogP contribution is 2.13. The van der Waals surface area contributed by atoms with Crippen molar-refractivity contribution in [2.75, 3.05) is 5.73 Å². The van der Waals surface area contributed by atoms with E-state index in [4.69, 9.17) is 5.73 Å². The quantitative estimate of drug-likeness (QED) is 0.833. The van der Waals surface area contributed by atoms with Crippen molar-refractivity contribution in [1.29, 1.82) is 0 Å². The van der Waals surface area contributed by atoms with Gasteiger partial charge in [0.1, 0.15) is 18.3 Å². The number of nitrogen functional groups attached to an aromatic ring is 1. The lowest BCUT2D eigenvalue weighted by molar-refractivity contribution is 0.0930. The van der Waals surface area contributed by atoms with Gasteiger partial charge >= 0.3 is 0 Å². The van der Waals surface area contributed by atoms with Crippen LogP contribution in [0.5, 0.6) is 0 Å². The van der Waals surface area contributed by atoms with Crippen LogP contribution >= 0.6 is 0 Å². The molecule has 2 aromatic rings. The van der Waals surface area contributed by atoms with E-state index in [0.717, 1.165) is 5.69 Å². The van der Waals surface area contributed by atoms with Crippen LogP contribution in [0, 0.1) is 0 Å². The van der Waals surface area contributed by atoms with Gasteiger partial charge in [-0.05, 0) is 18.9 Å². The van der Waals surface area contributed by atoms with Crippen LogP contribution in [0.3, 0.4) is 0 Å². The number of nitrogens with zero attached hydrogens (tertiary/aromatic N) is 5. The predicted molar refractivity (Wildman–Crippen MR) is 77.5 cm³/mol. The van der Waals surface area contributed by atoms with Gasteiger partial charge in [-0.25, -0.2) is 15.0 Å². The second-order valence-corrected chi connectivity index (χ2v) is 5.18. The number of aromatic nitrogens is 5. The highest BCUT2D eigenvalue weighted by Gasteiger charge is 2.15. The van der Waals surface area contributed by atoms with E-state index in [1.807, 2.05) is 20.8 Å². The molecule has 0 radical (unpaired) electrons. The van der Waals surface area contributed by atoms with E-state index in [2.05, 4.69) is 25.4 Å². The fraction of sp³-hybridized carbons (Fsp3) is 0.462. The van der Waals surface area contributed by atoms with Crippen molar-refractivity contribution in [3.8, 4) is 0 Å². The molecule has 0 fully saturated rings. The molecule has 112 valence electrons. The first-order valence-corrected chi connectivity index (χ1v) is 6.73. The molecule has 0 bridgehead atoms. The maximum Gasteiger partial charge on any atom is 0.270 e. The Bertz CT molecular complexity index is 609. The molecule has 0 aliphatic heterocycles. The Morgan fingerprint density at radius 1 is 1.38 bits per heavy atom. The molecule has 0 aliphatic carbocycles. The predicted octanol–water partition coefficient (Wildman–Crippen LogP) is 0.592. The summed E-state index contributed by atoms with van der Waals surface area (Å²) in [6.07, 6.45) is 3.05. The van der Waals surface area contributed by atoms with Gasteiger partial charge in [0.05, 0.1) is 6.54 Å². The summed E-state index contributed by atoms with van der Waals surface area (Å²) < 4.78 is 1.65. The molecule has 1 amide bonds. The van der Waals surface area contributed by atoms with Crippen LogP contribution in [0.15, 0.2) is 18.7 Å². The highest BCUT2D eigenvalue weighted by atomic mass is 16.1. The first-order valence-electron chi connectivity index (χ1n) is 6.73. The van der Waals surface area contributed by atoms with Gasteiger partial charge in [0.2, 0.25) is 5.95 Å². The van der Waals surface area contributed by atoms with Crippen LogP contribution in [0.1, 0.15) is 42.9 Å². The molecule has 1 atom stereocenters. The minimum atomic E-state index is -0.279. The van der Waals surface area contributed by atoms with Crippen LogP contribution in [0.2, 0.25) is 0 Å². The van der Waals surface area contributed by atoms with Gasteiger partial charge in [0, 0.05) is 11.7 Å². The van der Waals surface area contributed by atoms with Crippen molar-refractivity contribution in [2.24, 2.45) is 0 Å². The monoisotopic (exact) mass is 289 g/mol. The van der Waals surface area contributed by atoms with Crippen molar-refractivity contribution in [2.45, 2.75) is 39.3 Å². The smallest absolute Gasteiger partial charge is 0.270 e. The summed E-state index contributed by atoms with van der Waals surface area (Å²) in [5.41, 5.74) is 6.67. The molecule has 0 unspecified atom stereocenters. The zero-order chi connectivity index (χ0) is 15.4. The summed E-state index contributed by atoms with van der Waals surface area (Å²) in [6.45, 7) is 6.38. The SMILES string of the molecule is CC(C)c1cc(C(=O)N[C@@H](C)Cn2cncn2)nc(N)n1. The zero-order valence-corrected chi connectivity index (χ0v) is 12.3. The molecule has 0 spiro atoms. The normalized spacial score (nSPS) is 12.4. The van der Waals surface area contributed by atoms with E-state index >= 15 is 0 Å². The average molecular weight is 289 g/mol. The maximum absolute atomic E-state index is 12.2. The summed E-state index contributed by atoms with van der Waals surface area (Å²) in [5, 5.41) is 6.85. The molecule has 2 heterocycles. The number of amides is 1. The molecule has 0 saturated carbocycles. The van der Waals surface area contributed by atoms with Gasteiger partial charge in [-0.2, -0.15) is 5.10 Å². The van der Waals surface area contributed by atoms with Crippen LogP contribution in [-0.2, 0) is 6.54 Å². The molecule has 3 N–H and O–H groups in total. The summed E-state index contributed by atoms with van der Waals surface area (Å²) in [5.74, 6) is 0.00307. The third-order valence-electron chi connectivity index (χ3n) is 2.89. The lowest BCUT2D eigenvalue weighted by Crippen LogP contribution is -2.36. The Kier molecular flexibility index (Phi) is 4.46. The molecule has 2 aromatic heterocycles. The van der Waals surface area contributed by atoms with Crippen molar-refractivity contribution in [3.63, 3.8) is 0 Å². The number of anilines is 1. The van der Waals surface area contributed by atoms with Crippen molar-refractivity contribution < 1.29 is 4.79 Å². The number of nitrogens with one attached hydrogen (secondary N) is 1. The summed E-state index contributed by atoms with van der Waals surface area (Å²) in [6, 6.07) is 1.55. The molecular formula is C13H19N7O. The standard InChI is InChI=1S/C13H19N7O/c1-8(2)10-4-11(19-13(14)18-10)12(21)17-9(3)5-20-7-15-6-16-20/h4,6-9H,5H2,1-3H3,(H,17,21)(H2,14,18,19)/t9-/m0/s1. The topological polar surface area (TPSA) is 112 Å². The number of hydrogen-bond acceptors (Lipinski definition) is 6. The van der Waals surface area contributed by atoms with Crippen LogP contribution in [0.25, 0.3) is 0 Å². The molecule has 2 rings (SSSR count). The third-order valence-corrected chi connectivity index (χ3v) is 2.89. The van der Waals surface area contributed by atoms with Gasteiger partial charge in [-0.15, -0.1) is 0 Å². The molecule has 0 aliphatic rings. The van der Waals surface area contributed by atoms with E-state index in [9.17, 15) is 4.79 Å². The largest absolute Gasteiger partial charge is 0.368 e. The molecule has 21 heavy (non-hydrogen) atoms. The number of nitrogens with two attached hydrogens (primary N) is 1. The van der Waals surface area contributed by atoms with Gasteiger partial charge in [0.15, 0.2) is 0 Å². The van der Waals surface area contributed by atoms with E-state index in [0.29, 0.717) is 6.54 Å². The summed E-state index contributed by atoms with van der Waals surface area (Å²) >= 11 is 0. The van der Waals surface area contributed by atoms with E-state index in [1.165, 1.54) is 6.33 Å². The van der Waals surface area contributed by atoms with Crippen molar-refractivity contribution in [3.05, 3.63) is 30.1 Å². The molecular weight excluding hydrogens is 270 g/mol. The van der Waals surface area contributed by atoms with Crippen LogP contribution < -0.4 is 11.1 Å². The summed E-state index contributed by atoms with van der Waals surface area (Å²) in [7, 11) is 0. The second kappa shape index (κ2) is 6.29. The average Bonchev–Trinajstić information content (AvgIpc) is 2.90. The summed E-state index contributed by atoms with van der Waals surface area (Å²) in [4.78, 5) is 24.2. The third kappa shape index (κ3) is 3.98. The van der Waals surface area contributed by atoms with Gasteiger partial charge in [-0.1, -0.05) is 13.8 Å². The number of hydrogen-bond donors (Lipinski definition) is 2. The fourth-order valence-electron chi connectivity index (χ4n) is 1.85. The second-order valence-electron chi connectivity index (χ2n) is 5.18. The Balaban J connectivity index is 2.06. The van der Waals surface area contributed by atoms with E-state index in [1.54, 1.807) is 17.1 Å². The Labute approximate surface area is 122 Å². The lowest BCUT2D eigenvalue weighted by atomic mass is 10.1. The van der Waals surface area contributed by atoms with Gasteiger partial charge in [-0.3, -0.25) is 9.48 Å². The number of carbonyl (C=O) groups is 1. The zero-order valence-electron chi connectivity index (χ0n) is 12.3. The minimum absolute atomic E-state index is 0.107. The Morgan fingerprint density at radius 3 is 2.76 bits per heavy atom. The van der Waals surface area contributed by atoms with Crippen LogP contribution in [0.4, 0.5) is 5.95 Å². The van der Waals surface area contributed by atoms with Crippen molar-refractivity contribution in [1.82, 2.24) is 30.0 Å². The van der Waals surface area contributed by atoms with Crippen molar-refractivity contribution >= 4 is 11.9 Å². The van der Waals surface area contributed by atoms with Gasteiger partial charge < -0.3 is 11.1 Å². The van der Waals surface area contributed by atoms with E-state index < -0.39 is 0 Å². The minimum Gasteiger partial charge on any atom is -0.368 e. The lowest BCUT2D eigenvalue weighted by Gasteiger charge is -2.14. The number of rotatable bonds is 5. The highest BCUT2D eigenvalue weighted by molar-refractivity contribution is 5.92. The Morgan fingerprint density at radius 2 is 2.14 bits per heavy atom. The molecule has 0 aromatic carbocycles. The first kappa shape index (κ1) is 14.9. The van der Waals surface area contributed by atoms with Crippen LogP contribution in [-0.4, -0.2) is 36.7 Å². The maximum atomic E-state index is 12.2. The molecule has 8 nitrogen and oxygen atoms in total. The van der Waals surface area contributed by atoms with E-state index in [-0.39, 0.29) is 29.5 Å². The fourth-order valence-corrected chi connectivity index (χ4v) is 1.85. The first-order chi connectivity index (χ1) is 9.95. The Hall–Kier alpha value is -2.51. The number of carbonyl (C=O) groups excluding carboxylic acids is 1. The molecule has 0 saturated heterocycles. The molecule has 8 heteroatoms.